The maximum atomic E-state index is 12.6. The molecule has 0 amide bonds. The van der Waals surface area contributed by atoms with Crippen LogP contribution in [0.2, 0.25) is 5.02 Å². The smallest absolute Gasteiger partial charge is 0.396 e. The minimum absolute atomic E-state index is 0. The van der Waals surface area contributed by atoms with Gasteiger partial charge in [0, 0.05) is 23.1 Å². The van der Waals surface area contributed by atoms with Crippen LogP contribution in [-0.4, -0.2) is 11.7 Å². The molecule has 1 aromatic carbocycles. The van der Waals surface area contributed by atoms with Crippen molar-refractivity contribution < 1.29 is 18.3 Å². The van der Waals surface area contributed by atoms with Crippen LogP contribution in [0.3, 0.4) is 0 Å². The van der Waals surface area contributed by atoms with Crippen molar-refractivity contribution in [1.29, 1.82) is 0 Å². The van der Waals surface area contributed by atoms with E-state index in [9.17, 15) is 18.3 Å². The first-order valence-electron chi connectivity index (χ1n) is 5.32. The Morgan fingerprint density at radius 3 is 2.26 bits per heavy atom. The van der Waals surface area contributed by atoms with Crippen molar-refractivity contribution in [3.63, 3.8) is 0 Å². The molecule has 2 nitrogen and oxygen atoms in total. The van der Waals surface area contributed by atoms with Gasteiger partial charge in [-0.3, -0.25) is 0 Å². The molecule has 0 saturated carbocycles. The third kappa shape index (κ3) is 4.24. The predicted octanol–water partition coefficient (Wildman–Crippen LogP) is 3.80. The third-order valence-electron chi connectivity index (χ3n) is 2.91. The van der Waals surface area contributed by atoms with Crippen molar-refractivity contribution in [2.45, 2.75) is 26.1 Å². The highest BCUT2D eigenvalue weighted by molar-refractivity contribution is 6.31. The second kappa shape index (κ2) is 6.31. The van der Waals surface area contributed by atoms with Gasteiger partial charge >= 0.3 is 6.18 Å². The van der Waals surface area contributed by atoms with Gasteiger partial charge in [0.25, 0.3) is 0 Å². The zero-order valence-electron chi connectivity index (χ0n) is 10.5. The van der Waals surface area contributed by atoms with Gasteiger partial charge in [0.15, 0.2) is 0 Å². The zero-order chi connectivity index (χ0) is 14.1. The van der Waals surface area contributed by atoms with Gasteiger partial charge in [-0.15, -0.1) is 12.4 Å². The van der Waals surface area contributed by atoms with Crippen LogP contribution in [0.15, 0.2) is 18.2 Å². The molecule has 0 saturated heterocycles. The minimum atomic E-state index is -4.44. The molecular weight excluding hydrogens is 302 g/mol. The molecule has 0 aromatic heterocycles. The fourth-order valence-electron chi connectivity index (χ4n) is 1.48. The maximum absolute atomic E-state index is 12.6. The van der Waals surface area contributed by atoms with E-state index < -0.39 is 23.2 Å². The molecule has 1 rings (SSSR count). The number of alkyl halides is 3. The van der Waals surface area contributed by atoms with Crippen LogP contribution in [0.25, 0.3) is 0 Å². The van der Waals surface area contributed by atoms with Crippen molar-refractivity contribution in [3.05, 3.63) is 34.3 Å². The monoisotopic (exact) mass is 317 g/mol. The van der Waals surface area contributed by atoms with Gasteiger partial charge in [-0.25, -0.2) is 0 Å². The fourth-order valence-corrected chi connectivity index (χ4v) is 1.71. The van der Waals surface area contributed by atoms with Crippen molar-refractivity contribution in [2.75, 3.05) is 6.61 Å². The normalized spacial score (nSPS) is 13.9. The Bertz CT molecular complexity index is 435. The number of benzene rings is 1. The summed E-state index contributed by atoms with van der Waals surface area (Å²) in [7, 11) is 0. The van der Waals surface area contributed by atoms with E-state index in [0.29, 0.717) is 0 Å². The largest absolute Gasteiger partial charge is 0.416 e. The number of nitrogens with two attached hydrogens (primary N) is 1. The Balaban J connectivity index is 0.00000324. The van der Waals surface area contributed by atoms with Gasteiger partial charge in [0.2, 0.25) is 0 Å². The highest BCUT2D eigenvalue weighted by Gasteiger charge is 2.34. The molecule has 0 aliphatic heterocycles. The Labute approximate surface area is 121 Å². The average molecular weight is 318 g/mol. The quantitative estimate of drug-likeness (QED) is 0.890. The van der Waals surface area contributed by atoms with Crippen LogP contribution in [0.5, 0.6) is 0 Å². The highest BCUT2D eigenvalue weighted by Crippen LogP contribution is 2.38. The number of aliphatic hydroxyl groups excluding tert-OH is 1. The van der Waals surface area contributed by atoms with E-state index >= 15 is 0 Å². The first-order valence-corrected chi connectivity index (χ1v) is 5.70. The molecule has 110 valence electrons. The first kappa shape index (κ1) is 18.5. The predicted molar refractivity (Wildman–Crippen MR) is 71.5 cm³/mol. The number of rotatable bonds is 3. The molecule has 1 atom stereocenters. The summed E-state index contributed by atoms with van der Waals surface area (Å²) in [4.78, 5) is 0. The lowest BCUT2D eigenvalue weighted by Gasteiger charge is -2.30. The number of hydrogen-bond donors (Lipinski definition) is 2. The van der Waals surface area contributed by atoms with E-state index in [4.69, 9.17) is 17.3 Å². The summed E-state index contributed by atoms with van der Waals surface area (Å²) >= 11 is 5.88. The van der Waals surface area contributed by atoms with E-state index in [1.54, 1.807) is 13.8 Å². The number of halogens is 5. The molecule has 0 spiro atoms. The lowest BCUT2D eigenvalue weighted by molar-refractivity contribution is -0.137. The zero-order valence-corrected chi connectivity index (χ0v) is 12.0. The van der Waals surface area contributed by atoms with E-state index in [2.05, 4.69) is 0 Å². The molecular formula is C12H16Cl2F3NO. The lowest BCUT2D eigenvalue weighted by atomic mass is 9.81. The van der Waals surface area contributed by atoms with Gasteiger partial charge in [0.1, 0.15) is 0 Å². The first-order chi connectivity index (χ1) is 8.09. The third-order valence-corrected chi connectivity index (χ3v) is 3.25. The van der Waals surface area contributed by atoms with Gasteiger partial charge in [-0.2, -0.15) is 13.2 Å². The second-order valence-electron chi connectivity index (χ2n) is 4.86. The van der Waals surface area contributed by atoms with Crippen molar-refractivity contribution in [3.8, 4) is 0 Å². The molecule has 3 N–H and O–H groups in total. The van der Waals surface area contributed by atoms with Crippen molar-refractivity contribution in [2.24, 2.45) is 11.1 Å². The number of aliphatic hydroxyl groups is 1. The fraction of sp³-hybridized carbons (Fsp3) is 0.500. The number of hydrogen-bond acceptors (Lipinski definition) is 2. The average Bonchev–Trinajstić information content (AvgIpc) is 2.27. The van der Waals surface area contributed by atoms with E-state index in [-0.39, 0.29) is 29.6 Å². The summed E-state index contributed by atoms with van der Waals surface area (Å²) in [5.74, 6) is 0. The Kier molecular flexibility index (Phi) is 6.14. The maximum Gasteiger partial charge on any atom is 0.416 e. The molecule has 0 unspecified atom stereocenters. The summed E-state index contributed by atoms with van der Waals surface area (Å²) in [6, 6.07) is 2.24. The van der Waals surface area contributed by atoms with Crippen LogP contribution in [0.4, 0.5) is 13.2 Å². The summed E-state index contributed by atoms with van der Waals surface area (Å²) < 4.78 is 37.8. The van der Waals surface area contributed by atoms with Crippen LogP contribution in [0, 0.1) is 5.41 Å². The molecule has 0 heterocycles. The van der Waals surface area contributed by atoms with E-state index in [1.807, 2.05) is 0 Å². The Morgan fingerprint density at radius 2 is 1.84 bits per heavy atom. The highest BCUT2D eigenvalue weighted by atomic mass is 35.5. The van der Waals surface area contributed by atoms with Gasteiger partial charge < -0.3 is 10.8 Å². The summed E-state index contributed by atoms with van der Waals surface area (Å²) in [5, 5.41) is 9.36. The summed E-state index contributed by atoms with van der Waals surface area (Å²) in [5.41, 5.74) is 4.51. The van der Waals surface area contributed by atoms with Crippen LogP contribution >= 0.6 is 24.0 Å². The van der Waals surface area contributed by atoms with E-state index in [1.165, 1.54) is 6.07 Å². The van der Waals surface area contributed by atoms with Crippen LogP contribution < -0.4 is 5.73 Å². The van der Waals surface area contributed by atoms with Gasteiger partial charge in [-0.1, -0.05) is 25.4 Å². The topological polar surface area (TPSA) is 46.2 Å². The van der Waals surface area contributed by atoms with Crippen LogP contribution in [-0.2, 0) is 6.18 Å². The molecule has 19 heavy (non-hydrogen) atoms. The van der Waals surface area contributed by atoms with E-state index in [0.717, 1.165) is 12.1 Å². The summed E-state index contributed by atoms with van der Waals surface area (Å²) in [6.45, 7) is 3.07. The lowest BCUT2D eigenvalue weighted by Crippen LogP contribution is -2.32. The van der Waals surface area contributed by atoms with Crippen molar-refractivity contribution in [1.82, 2.24) is 0 Å². The molecule has 0 aliphatic carbocycles. The minimum Gasteiger partial charge on any atom is -0.396 e. The summed E-state index contributed by atoms with van der Waals surface area (Å²) in [6.07, 6.45) is -4.44. The van der Waals surface area contributed by atoms with Gasteiger partial charge in [0.05, 0.1) is 5.56 Å². The molecule has 1 aromatic rings. The molecule has 0 radical (unpaired) electrons. The molecule has 0 bridgehead atoms. The molecule has 7 heteroatoms. The standard InChI is InChI=1S/C12H15ClF3NO.ClH/c1-11(2,6-18)10(17)8-5-7(12(14,15)16)3-4-9(8)13;/h3-5,10,18H,6,17H2,1-2H3;1H/t10-;/m1./s1. The molecule has 0 fully saturated rings. The molecule has 0 aliphatic rings. The second-order valence-corrected chi connectivity index (χ2v) is 5.27. The van der Waals surface area contributed by atoms with Crippen molar-refractivity contribution >= 4 is 24.0 Å². The SMILES string of the molecule is CC(C)(CO)[C@H](N)c1cc(C(F)(F)F)ccc1Cl.Cl. The Hall–Kier alpha value is -0.490. The van der Waals surface area contributed by atoms with Gasteiger partial charge in [-0.05, 0) is 23.8 Å². The Morgan fingerprint density at radius 1 is 1.32 bits per heavy atom. The van der Waals surface area contributed by atoms with Crippen LogP contribution in [0.1, 0.15) is 31.0 Å².